The van der Waals surface area contributed by atoms with E-state index in [9.17, 15) is 5.11 Å². The number of aromatic hydroxyl groups is 1. The summed E-state index contributed by atoms with van der Waals surface area (Å²) in [5, 5.41) is 11.7. The molecule has 1 heteroatoms. The zero-order valence-corrected chi connectivity index (χ0v) is 21.2. The smallest absolute Gasteiger partial charge is 0.127 e. The third kappa shape index (κ3) is 3.74. The average Bonchev–Trinajstić information content (AvgIpc) is 3.16. The Balaban J connectivity index is 1.78. The van der Waals surface area contributed by atoms with Crippen molar-refractivity contribution in [2.24, 2.45) is 0 Å². The second-order valence-corrected chi connectivity index (χ2v) is 11.6. The summed E-state index contributed by atoms with van der Waals surface area (Å²) in [5.74, 6) is 0.434. The molecule has 1 aliphatic carbocycles. The number of hydrogen-bond acceptors (Lipinski definition) is 1. The van der Waals surface area contributed by atoms with Gasteiger partial charge in [-0.1, -0.05) is 102 Å². The van der Waals surface area contributed by atoms with Gasteiger partial charge < -0.3 is 5.11 Å². The average molecular weight is 447 g/mol. The minimum absolute atomic E-state index is 0.00182. The third-order valence-electron chi connectivity index (χ3n) is 7.07. The second-order valence-electron chi connectivity index (χ2n) is 11.6. The van der Waals surface area contributed by atoms with Crippen molar-refractivity contribution in [2.45, 2.75) is 58.8 Å². The van der Waals surface area contributed by atoms with Crippen LogP contribution in [0.25, 0.3) is 33.4 Å². The second kappa shape index (κ2) is 7.87. The molecule has 0 bridgehead atoms. The van der Waals surface area contributed by atoms with Gasteiger partial charge >= 0.3 is 0 Å². The van der Waals surface area contributed by atoms with E-state index < -0.39 is 0 Å². The molecule has 0 fully saturated rings. The Morgan fingerprint density at radius 3 is 1.68 bits per heavy atom. The van der Waals surface area contributed by atoms with Crippen LogP contribution in [0.4, 0.5) is 0 Å². The van der Waals surface area contributed by atoms with Crippen molar-refractivity contribution in [1.82, 2.24) is 0 Å². The first-order valence-electron chi connectivity index (χ1n) is 12.2. The number of benzene rings is 4. The number of fused-ring (bicyclic) bond motifs is 3. The van der Waals surface area contributed by atoms with E-state index in [-0.39, 0.29) is 10.8 Å². The van der Waals surface area contributed by atoms with Crippen molar-refractivity contribution in [3.8, 4) is 39.1 Å². The highest BCUT2D eigenvalue weighted by atomic mass is 16.3. The lowest BCUT2D eigenvalue weighted by Crippen LogP contribution is -2.14. The predicted octanol–water partition coefficient (Wildman–Crippen LogP) is 8.89. The van der Waals surface area contributed by atoms with Crippen molar-refractivity contribution in [1.29, 1.82) is 0 Å². The largest absolute Gasteiger partial charge is 0.507 e. The molecule has 1 aliphatic rings. The zero-order chi connectivity index (χ0) is 24.3. The molecule has 34 heavy (non-hydrogen) atoms. The Hall–Kier alpha value is -3.32. The number of rotatable bonds is 2. The van der Waals surface area contributed by atoms with Crippen LogP contribution >= 0.6 is 0 Å². The van der Waals surface area contributed by atoms with Gasteiger partial charge in [-0.05, 0) is 73.5 Å². The van der Waals surface area contributed by atoms with Gasteiger partial charge in [-0.15, -0.1) is 0 Å². The van der Waals surface area contributed by atoms with E-state index in [4.69, 9.17) is 0 Å². The summed E-state index contributed by atoms with van der Waals surface area (Å²) >= 11 is 0. The molecule has 1 N–H and O–H groups in total. The van der Waals surface area contributed by atoms with E-state index in [1.165, 1.54) is 38.9 Å². The Bertz CT molecular complexity index is 1360. The maximum atomic E-state index is 11.7. The lowest BCUT2D eigenvalue weighted by atomic mass is 9.78. The maximum absolute atomic E-state index is 11.7. The topological polar surface area (TPSA) is 20.2 Å². The van der Waals surface area contributed by atoms with Gasteiger partial charge in [-0.2, -0.15) is 0 Å². The lowest BCUT2D eigenvalue weighted by molar-refractivity contribution is 0.469. The van der Waals surface area contributed by atoms with Gasteiger partial charge in [0.05, 0.1) is 0 Å². The minimum Gasteiger partial charge on any atom is -0.507 e. The fraction of sp³-hybridized carbons (Fsp3) is 0.273. The van der Waals surface area contributed by atoms with Crippen molar-refractivity contribution in [3.63, 3.8) is 0 Å². The molecule has 0 aromatic heterocycles. The van der Waals surface area contributed by atoms with Crippen molar-refractivity contribution >= 4 is 0 Å². The van der Waals surface area contributed by atoms with Crippen LogP contribution in [0.5, 0.6) is 5.75 Å². The van der Waals surface area contributed by atoms with E-state index >= 15 is 0 Å². The first kappa shape index (κ1) is 22.5. The van der Waals surface area contributed by atoms with E-state index in [1.807, 2.05) is 18.2 Å². The number of hydrogen-bond donors (Lipinski definition) is 1. The maximum Gasteiger partial charge on any atom is 0.127 e. The van der Waals surface area contributed by atoms with Crippen LogP contribution in [0, 0.1) is 0 Å². The summed E-state index contributed by atoms with van der Waals surface area (Å²) in [6, 6.07) is 28.1. The van der Waals surface area contributed by atoms with Crippen LogP contribution < -0.4 is 0 Å². The zero-order valence-electron chi connectivity index (χ0n) is 21.2. The molecular weight excluding hydrogens is 412 g/mol. The summed E-state index contributed by atoms with van der Waals surface area (Å²) in [4.78, 5) is 0. The summed E-state index contributed by atoms with van der Waals surface area (Å²) < 4.78 is 0. The highest BCUT2D eigenvalue weighted by Gasteiger charge is 2.32. The molecule has 0 amide bonds. The molecule has 1 nitrogen and oxygen atoms in total. The molecule has 0 saturated heterocycles. The Kier molecular flexibility index (Phi) is 5.20. The van der Waals surface area contributed by atoms with E-state index in [0.29, 0.717) is 5.75 Å². The van der Waals surface area contributed by atoms with Gasteiger partial charge in [-0.25, -0.2) is 0 Å². The Morgan fingerprint density at radius 1 is 0.588 bits per heavy atom. The molecule has 0 radical (unpaired) electrons. The molecule has 0 atom stereocenters. The van der Waals surface area contributed by atoms with Crippen LogP contribution in [0.15, 0.2) is 78.9 Å². The van der Waals surface area contributed by atoms with Gasteiger partial charge in [0.1, 0.15) is 5.75 Å². The van der Waals surface area contributed by atoms with Crippen LogP contribution in [-0.2, 0) is 17.3 Å². The highest BCUT2D eigenvalue weighted by Crippen LogP contribution is 2.51. The molecule has 172 valence electrons. The SMILES string of the molecule is CC(C)(C)c1cc2c(cc1-c1ccccc1)Cc1c-2cc(C(C)(C)C)c(-c2ccccc2)c1O. The molecule has 0 aliphatic heterocycles. The molecule has 0 unspecified atom stereocenters. The monoisotopic (exact) mass is 446 g/mol. The van der Waals surface area contributed by atoms with Gasteiger partial charge in [0, 0.05) is 17.5 Å². The Morgan fingerprint density at radius 2 is 1.12 bits per heavy atom. The summed E-state index contributed by atoms with van der Waals surface area (Å²) in [6.45, 7) is 13.6. The van der Waals surface area contributed by atoms with E-state index in [1.54, 1.807) is 0 Å². The van der Waals surface area contributed by atoms with Gasteiger partial charge in [0.2, 0.25) is 0 Å². The molecule has 4 aromatic rings. The predicted molar refractivity (Wildman–Crippen MR) is 145 cm³/mol. The van der Waals surface area contributed by atoms with Crippen molar-refractivity contribution in [3.05, 3.63) is 101 Å². The van der Waals surface area contributed by atoms with Gasteiger partial charge in [0.25, 0.3) is 0 Å². The van der Waals surface area contributed by atoms with E-state index in [0.717, 1.165) is 23.1 Å². The fourth-order valence-corrected chi connectivity index (χ4v) is 5.33. The standard InChI is InChI=1S/C33H34O/c1-32(2,3)28-19-24-23(17-25(28)21-13-9-7-10-14-21)18-27-26(24)20-29(33(4,5)6)30(31(27)34)22-15-11-8-12-16-22/h7-17,19-20,34H,18H2,1-6H3. The van der Waals surface area contributed by atoms with Crippen molar-refractivity contribution in [2.75, 3.05) is 0 Å². The summed E-state index contributed by atoms with van der Waals surface area (Å²) in [5.41, 5.74) is 11.8. The molecule has 0 heterocycles. The van der Waals surface area contributed by atoms with E-state index in [2.05, 4.69) is 102 Å². The summed E-state index contributed by atoms with van der Waals surface area (Å²) in [7, 11) is 0. The quantitative estimate of drug-likeness (QED) is 0.287. The lowest BCUT2D eigenvalue weighted by Gasteiger charge is -2.27. The van der Waals surface area contributed by atoms with Gasteiger partial charge in [0.15, 0.2) is 0 Å². The third-order valence-corrected chi connectivity index (χ3v) is 7.07. The molecule has 4 aromatic carbocycles. The first-order valence-corrected chi connectivity index (χ1v) is 12.2. The van der Waals surface area contributed by atoms with Crippen LogP contribution in [0.3, 0.4) is 0 Å². The summed E-state index contributed by atoms with van der Waals surface area (Å²) in [6.07, 6.45) is 0.755. The first-order chi connectivity index (χ1) is 16.1. The van der Waals surface area contributed by atoms with Crippen molar-refractivity contribution < 1.29 is 5.11 Å². The number of phenols is 1. The molecule has 5 rings (SSSR count). The van der Waals surface area contributed by atoms with Crippen LogP contribution in [-0.4, -0.2) is 5.11 Å². The normalized spacial score (nSPS) is 13.0. The Labute approximate surface area is 204 Å². The molecule has 0 spiro atoms. The fourth-order valence-electron chi connectivity index (χ4n) is 5.33. The highest BCUT2D eigenvalue weighted by molar-refractivity contribution is 5.89. The number of phenolic OH excluding ortho intramolecular Hbond substituents is 1. The van der Waals surface area contributed by atoms with Crippen LogP contribution in [0.1, 0.15) is 63.8 Å². The van der Waals surface area contributed by atoms with Crippen LogP contribution in [0.2, 0.25) is 0 Å². The molecule has 0 saturated carbocycles. The van der Waals surface area contributed by atoms with Gasteiger partial charge in [-0.3, -0.25) is 0 Å². The molecular formula is C33H34O. The minimum atomic E-state index is -0.0999.